The number of ether oxygens (including phenoxy) is 2. The summed E-state index contributed by atoms with van der Waals surface area (Å²) in [6.45, 7) is 9.47. The molecule has 0 bridgehead atoms. The van der Waals surface area contributed by atoms with Crippen molar-refractivity contribution in [2.24, 2.45) is 28.2 Å². The Balaban J connectivity index is 0.000000342. The molecule has 0 aliphatic rings. The van der Waals surface area contributed by atoms with Crippen LogP contribution in [0.1, 0.15) is 51.1 Å². The van der Waals surface area contributed by atoms with Crippen LogP contribution in [0.2, 0.25) is 0 Å². The molecule has 0 aliphatic heterocycles. The van der Waals surface area contributed by atoms with Gasteiger partial charge in [-0.15, -0.1) is 0 Å². The molecule has 22 heteroatoms. The highest BCUT2D eigenvalue weighted by Gasteiger charge is 2.36. The minimum atomic E-state index is -4.41. The highest BCUT2D eigenvalue weighted by molar-refractivity contribution is 5.29. The van der Waals surface area contributed by atoms with Crippen molar-refractivity contribution in [1.29, 1.82) is 0 Å². The smallest absolute Gasteiger partial charge is 0.451 e. The van der Waals surface area contributed by atoms with Crippen molar-refractivity contribution in [3.63, 3.8) is 0 Å². The van der Waals surface area contributed by atoms with Gasteiger partial charge in [0, 0.05) is 44.9 Å². The second-order valence-electron chi connectivity index (χ2n) is 11.4. The van der Waals surface area contributed by atoms with Crippen LogP contribution in [-0.4, -0.2) is 68.7 Å². The lowest BCUT2D eigenvalue weighted by molar-refractivity contribution is -0.154. The van der Waals surface area contributed by atoms with E-state index in [1.54, 1.807) is 46.6 Å². The molecule has 4 aromatic heterocycles. The second-order valence-corrected chi connectivity index (χ2v) is 11.4. The average molecular weight is 789 g/mol. The van der Waals surface area contributed by atoms with E-state index in [-0.39, 0.29) is 23.1 Å². The molecule has 0 radical (unpaired) electrons. The van der Waals surface area contributed by atoms with Crippen molar-refractivity contribution in [2.75, 3.05) is 6.61 Å². The largest absolute Gasteiger partial charge is 0.468 e. The number of benzene rings is 1. The molecule has 0 fully saturated rings. The summed E-state index contributed by atoms with van der Waals surface area (Å²) >= 11 is 0. The van der Waals surface area contributed by atoms with E-state index in [4.69, 9.17) is 0 Å². The van der Waals surface area contributed by atoms with Gasteiger partial charge in [0.1, 0.15) is 17.5 Å². The van der Waals surface area contributed by atoms with Crippen LogP contribution in [0, 0.1) is 67.0 Å². The first kappa shape index (κ1) is 46.8. The lowest BCUT2D eigenvalue weighted by atomic mass is 10.2. The maximum absolute atomic E-state index is 12.3. The summed E-state index contributed by atoms with van der Waals surface area (Å²) in [5, 5.41) is 19.4. The summed E-state index contributed by atoms with van der Waals surface area (Å²) in [6, 6.07) is 3.81. The van der Waals surface area contributed by atoms with Gasteiger partial charge in [-0.2, -0.15) is 65.4 Å². The zero-order chi connectivity index (χ0) is 41.9. The number of hydrogen-bond acceptors (Lipinski definition) is 8. The van der Waals surface area contributed by atoms with Crippen LogP contribution in [0.25, 0.3) is 0 Å². The highest BCUT2D eigenvalue weighted by Crippen LogP contribution is 2.27. The van der Waals surface area contributed by atoms with Crippen molar-refractivity contribution < 1.29 is 53.4 Å². The third kappa shape index (κ3) is 15.0. The van der Waals surface area contributed by atoms with Gasteiger partial charge in [0.15, 0.2) is 6.61 Å². The zero-order valence-electron chi connectivity index (χ0n) is 31.6. The first-order chi connectivity index (χ1) is 24.7. The molecule has 0 N–H and O–H groups in total. The van der Waals surface area contributed by atoms with Crippen molar-refractivity contribution in [1.82, 2.24) is 49.3 Å². The minimum absolute atomic E-state index is 0.0810. The molecular formula is C32H42F10N10O2. The van der Waals surface area contributed by atoms with E-state index < -0.39 is 43.0 Å². The first-order valence-electron chi connectivity index (χ1n) is 15.5. The molecule has 5 rings (SSSR count). The number of hydrogen-bond donors (Lipinski definition) is 0. The zero-order valence-corrected chi connectivity index (χ0v) is 31.6. The van der Waals surface area contributed by atoms with Gasteiger partial charge in [-0.25, -0.2) is 27.8 Å². The molecular weight excluding hydrogens is 746 g/mol. The molecule has 4 heterocycles. The molecule has 302 valence electrons. The predicted molar refractivity (Wildman–Crippen MR) is 176 cm³/mol. The van der Waals surface area contributed by atoms with Crippen LogP contribution < -0.4 is 9.47 Å². The molecule has 0 aliphatic carbocycles. The fourth-order valence-corrected chi connectivity index (χ4v) is 4.03. The topological polar surface area (TPSA) is 116 Å². The quantitative estimate of drug-likeness (QED) is 0.173. The van der Waals surface area contributed by atoms with E-state index in [0.29, 0.717) is 22.5 Å². The van der Waals surface area contributed by atoms with Gasteiger partial charge in [0.25, 0.3) is 0 Å². The van der Waals surface area contributed by atoms with Crippen molar-refractivity contribution in [3.8, 4) is 11.8 Å². The lowest BCUT2D eigenvalue weighted by Gasteiger charge is -2.09. The fraction of sp³-hybridized carbons (Fsp3) is 0.500. The van der Waals surface area contributed by atoms with Crippen LogP contribution in [0.4, 0.5) is 43.9 Å². The van der Waals surface area contributed by atoms with Gasteiger partial charge in [-0.1, -0.05) is 6.07 Å². The van der Waals surface area contributed by atoms with Crippen LogP contribution in [0.15, 0.2) is 18.2 Å². The van der Waals surface area contributed by atoms with Gasteiger partial charge in [-0.05, 0) is 67.5 Å². The number of nitrogens with zero attached hydrogens (tertiary/aromatic N) is 10. The Hall–Kier alpha value is -5.18. The van der Waals surface area contributed by atoms with E-state index in [2.05, 4.69) is 40.0 Å². The standard InChI is InChI=1S/C8H11F3N2O.C7H10F2N2O.C7H6F2.C5H6F3N3.C5H9N3/c1-5-6(2)12-13(3)7(5)14-4-8(9,10)11;1-4-5(2)10-11(3)6(4)12-7(8)9;1-5-6(8)3-2-4-7(5)9;1-3-9-4(5(6,7)8)11(2)10-3;1-4-5(2)7-8(3)6-4/h4H2,1-3H3;7H,1-3H3;2-4H,1H3;1-2H3;1-3H3. The Morgan fingerprint density at radius 2 is 1.06 bits per heavy atom. The Bertz CT molecular complexity index is 1890. The van der Waals surface area contributed by atoms with Gasteiger partial charge < -0.3 is 9.47 Å². The summed E-state index contributed by atoms with van der Waals surface area (Å²) in [7, 11) is 6.15. The minimum Gasteiger partial charge on any atom is -0.468 e. The molecule has 0 saturated carbocycles. The number of aromatic nitrogens is 10. The van der Waals surface area contributed by atoms with Crippen LogP contribution in [0.3, 0.4) is 0 Å². The second kappa shape index (κ2) is 19.8. The van der Waals surface area contributed by atoms with Gasteiger partial charge >= 0.3 is 19.0 Å². The summed E-state index contributed by atoms with van der Waals surface area (Å²) in [4.78, 5) is 4.78. The monoisotopic (exact) mass is 788 g/mol. The molecule has 0 unspecified atom stereocenters. The molecule has 0 saturated heterocycles. The van der Waals surface area contributed by atoms with Crippen molar-refractivity contribution in [3.05, 3.63) is 80.9 Å². The SMILES string of the molecule is Cc1c(F)cccc1F.Cc1nc(C(F)(F)F)n(C)n1.Cc1nn(C)c(OC(F)F)c1C.Cc1nn(C)c(OCC(F)(F)F)c1C.Cc1nn(C)nc1C. The predicted octanol–water partition coefficient (Wildman–Crippen LogP) is 7.46. The van der Waals surface area contributed by atoms with Crippen LogP contribution in [-0.2, 0) is 34.4 Å². The summed E-state index contributed by atoms with van der Waals surface area (Å²) in [5.74, 6) is -1.53. The maximum Gasteiger partial charge on any atom is 0.451 e. The molecule has 1 aromatic carbocycles. The number of aryl methyl sites for hydroxylation is 9. The molecule has 54 heavy (non-hydrogen) atoms. The number of rotatable bonds is 4. The van der Waals surface area contributed by atoms with Crippen LogP contribution >= 0.6 is 0 Å². The summed E-state index contributed by atoms with van der Waals surface area (Å²) in [5.41, 5.74) is 4.75. The molecule has 0 spiro atoms. The van der Waals surface area contributed by atoms with Gasteiger partial charge in [0.2, 0.25) is 17.6 Å². The summed E-state index contributed by atoms with van der Waals surface area (Å²) in [6.07, 6.45) is -8.72. The van der Waals surface area contributed by atoms with Gasteiger partial charge in [0.05, 0.1) is 22.8 Å². The van der Waals surface area contributed by atoms with E-state index >= 15 is 0 Å². The molecule has 0 amide bonds. The van der Waals surface area contributed by atoms with Crippen molar-refractivity contribution in [2.45, 2.75) is 74.4 Å². The first-order valence-corrected chi connectivity index (χ1v) is 15.5. The molecule has 0 atom stereocenters. The molecule has 12 nitrogen and oxygen atoms in total. The Morgan fingerprint density at radius 1 is 0.611 bits per heavy atom. The Morgan fingerprint density at radius 3 is 1.31 bits per heavy atom. The fourth-order valence-electron chi connectivity index (χ4n) is 4.03. The van der Waals surface area contributed by atoms with E-state index in [0.717, 1.165) is 16.1 Å². The maximum atomic E-state index is 12.3. The number of halogens is 10. The van der Waals surface area contributed by atoms with Crippen molar-refractivity contribution >= 4 is 0 Å². The van der Waals surface area contributed by atoms with Gasteiger partial charge in [-0.3, -0.25) is 0 Å². The summed E-state index contributed by atoms with van der Waals surface area (Å²) < 4.78 is 132. The third-order valence-corrected chi connectivity index (χ3v) is 6.93. The van der Waals surface area contributed by atoms with E-state index in [9.17, 15) is 43.9 Å². The van der Waals surface area contributed by atoms with E-state index in [1.165, 1.54) is 48.5 Å². The van der Waals surface area contributed by atoms with E-state index in [1.807, 2.05) is 20.9 Å². The Labute approximate surface area is 304 Å². The highest BCUT2D eigenvalue weighted by atomic mass is 19.4. The third-order valence-electron chi connectivity index (χ3n) is 6.93. The Kier molecular flexibility index (Phi) is 17.1. The lowest BCUT2D eigenvalue weighted by Crippen LogP contribution is -2.20. The average Bonchev–Trinajstić information content (AvgIpc) is 3.69. The number of alkyl halides is 8. The molecule has 5 aromatic rings. The van der Waals surface area contributed by atoms with Crippen LogP contribution in [0.5, 0.6) is 11.8 Å². The normalized spacial score (nSPS) is 11.0.